The maximum absolute atomic E-state index is 12.6. The Kier molecular flexibility index (Phi) is 6.17. The van der Waals surface area contributed by atoms with Gasteiger partial charge in [-0.3, -0.25) is 9.59 Å². The molecular weight excluding hydrogens is 316 g/mol. The van der Waals surface area contributed by atoms with E-state index in [4.69, 9.17) is 4.74 Å². The number of carbonyl (C=O) groups excluding carboxylic acids is 2. The number of hydrogen-bond donors (Lipinski definition) is 2. The first-order valence-electron chi connectivity index (χ1n) is 8.23. The minimum absolute atomic E-state index is 0.0485. The summed E-state index contributed by atoms with van der Waals surface area (Å²) in [6, 6.07) is 13.7. The van der Waals surface area contributed by atoms with Gasteiger partial charge in [0.25, 0.3) is 5.91 Å². The van der Waals surface area contributed by atoms with Crippen LogP contribution in [0.15, 0.2) is 48.5 Å². The molecule has 2 amide bonds. The van der Waals surface area contributed by atoms with Crippen LogP contribution in [0.5, 0.6) is 5.75 Å². The maximum Gasteiger partial charge on any atom is 0.251 e. The Hall–Kier alpha value is -2.82. The van der Waals surface area contributed by atoms with Crippen LogP contribution in [0.4, 0.5) is 5.69 Å². The van der Waals surface area contributed by atoms with Crippen molar-refractivity contribution in [3.8, 4) is 5.75 Å². The van der Waals surface area contributed by atoms with Gasteiger partial charge in [-0.2, -0.15) is 0 Å². The quantitative estimate of drug-likeness (QED) is 0.847. The minimum Gasteiger partial charge on any atom is -0.497 e. The lowest BCUT2D eigenvalue weighted by Crippen LogP contribution is -2.47. The number of carbonyl (C=O) groups is 2. The van der Waals surface area contributed by atoms with Crippen molar-refractivity contribution in [1.82, 2.24) is 5.32 Å². The number of benzene rings is 2. The van der Waals surface area contributed by atoms with E-state index >= 15 is 0 Å². The van der Waals surface area contributed by atoms with E-state index in [1.807, 2.05) is 32.9 Å². The molecule has 0 heterocycles. The van der Waals surface area contributed by atoms with E-state index in [9.17, 15) is 9.59 Å². The van der Waals surface area contributed by atoms with E-state index in [0.29, 0.717) is 17.0 Å². The van der Waals surface area contributed by atoms with Gasteiger partial charge in [0.1, 0.15) is 11.8 Å². The van der Waals surface area contributed by atoms with Gasteiger partial charge in [0.05, 0.1) is 7.11 Å². The van der Waals surface area contributed by atoms with Gasteiger partial charge in [-0.25, -0.2) is 0 Å². The van der Waals surface area contributed by atoms with Crippen molar-refractivity contribution in [3.05, 3.63) is 59.7 Å². The summed E-state index contributed by atoms with van der Waals surface area (Å²) in [5.74, 6) is 0.155. The molecule has 0 aliphatic rings. The number of rotatable bonds is 6. The zero-order valence-corrected chi connectivity index (χ0v) is 15.0. The molecule has 0 bridgehead atoms. The number of aryl methyl sites for hydroxylation is 1. The lowest BCUT2D eigenvalue weighted by Gasteiger charge is -2.22. The third-order valence-electron chi connectivity index (χ3n) is 3.91. The molecule has 25 heavy (non-hydrogen) atoms. The summed E-state index contributed by atoms with van der Waals surface area (Å²) in [5.41, 5.74) is 2.27. The topological polar surface area (TPSA) is 67.4 Å². The third kappa shape index (κ3) is 5.08. The monoisotopic (exact) mass is 340 g/mol. The van der Waals surface area contributed by atoms with Crippen molar-refractivity contribution in [1.29, 1.82) is 0 Å². The smallest absolute Gasteiger partial charge is 0.251 e. The highest BCUT2D eigenvalue weighted by Crippen LogP contribution is 2.16. The molecule has 0 aromatic heterocycles. The SMILES string of the molecule is COc1ccc(NC(=O)[C@H](NC(=O)c2ccc(C)cc2)C(C)C)cc1. The zero-order chi connectivity index (χ0) is 18.4. The van der Waals surface area contributed by atoms with Gasteiger partial charge in [-0.1, -0.05) is 31.5 Å². The van der Waals surface area contributed by atoms with E-state index in [-0.39, 0.29) is 17.7 Å². The highest BCUT2D eigenvalue weighted by Gasteiger charge is 2.24. The number of amides is 2. The summed E-state index contributed by atoms with van der Waals surface area (Å²) >= 11 is 0. The largest absolute Gasteiger partial charge is 0.497 e. The third-order valence-corrected chi connectivity index (χ3v) is 3.91. The Balaban J connectivity index is 2.06. The van der Waals surface area contributed by atoms with Crippen LogP contribution in [0, 0.1) is 12.8 Å². The van der Waals surface area contributed by atoms with E-state index < -0.39 is 6.04 Å². The molecule has 5 heteroatoms. The molecule has 0 saturated heterocycles. The second kappa shape index (κ2) is 8.33. The molecule has 0 unspecified atom stereocenters. The predicted molar refractivity (Wildman–Crippen MR) is 98.9 cm³/mol. The van der Waals surface area contributed by atoms with Gasteiger partial charge in [0.2, 0.25) is 5.91 Å². The van der Waals surface area contributed by atoms with Crippen molar-refractivity contribution < 1.29 is 14.3 Å². The van der Waals surface area contributed by atoms with Gasteiger partial charge in [-0.05, 0) is 49.2 Å². The summed E-state index contributed by atoms with van der Waals surface area (Å²) in [4.78, 5) is 25.0. The molecule has 0 aliphatic heterocycles. The van der Waals surface area contributed by atoms with E-state index in [0.717, 1.165) is 5.56 Å². The first kappa shape index (κ1) is 18.5. The van der Waals surface area contributed by atoms with Crippen LogP contribution in [0.3, 0.4) is 0 Å². The summed E-state index contributed by atoms with van der Waals surface area (Å²) in [6.45, 7) is 5.75. The minimum atomic E-state index is -0.629. The average molecular weight is 340 g/mol. The zero-order valence-electron chi connectivity index (χ0n) is 15.0. The van der Waals surface area contributed by atoms with Crippen molar-refractivity contribution in [2.24, 2.45) is 5.92 Å². The predicted octanol–water partition coefficient (Wildman–Crippen LogP) is 3.40. The molecule has 2 aromatic carbocycles. The summed E-state index contributed by atoms with van der Waals surface area (Å²) in [6.07, 6.45) is 0. The summed E-state index contributed by atoms with van der Waals surface area (Å²) in [7, 11) is 1.59. The van der Waals surface area contributed by atoms with Crippen LogP contribution >= 0.6 is 0 Å². The highest BCUT2D eigenvalue weighted by molar-refractivity contribution is 6.01. The fourth-order valence-electron chi connectivity index (χ4n) is 2.36. The molecule has 0 fully saturated rings. The molecule has 2 rings (SSSR count). The molecule has 132 valence electrons. The van der Waals surface area contributed by atoms with E-state index in [1.165, 1.54) is 0 Å². The van der Waals surface area contributed by atoms with Crippen molar-refractivity contribution in [3.63, 3.8) is 0 Å². The number of hydrogen-bond acceptors (Lipinski definition) is 3. The second-order valence-corrected chi connectivity index (χ2v) is 6.28. The molecule has 2 N–H and O–H groups in total. The molecule has 0 saturated carbocycles. The van der Waals surface area contributed by atoms with Crippen LogP contribution in [-0.2, 0) is 4.79 Å². The Morgan fingerprint density at radius 2 is 1.56 bits per heavy atom. The van der Waals surface area contributed by atoms with Crippen molar-refractivity contribution >= 4 is 17.5 Å². The van der Waals surface area contributed by atoms with Gasteiger partial charge in [0.15, 0.2) is 0 Å². The van der Waals surface area contributed by atoms with E-state index in [1.54, 1.807) is 43.5 Å². The molecule has 1 atom stereocenters. The Labute approximate surface area is 148 Å². The molecule has 0 radical (unpaired) electrons. The van der Waals surface area contributed by atoms with Gasteiger partial charge in [0, 0.05) is 11.3 Å². The first-order chi connectivity index (χ1) is 11.9. The molecular formula is C20H24N2O3. The Morgan fingerprint density at radius 1 is 0.960 bits per heavy atom. The summed E-state index contributed by atoms with van der Waals surface area (Å²) < 4.78 is 5.10. The lowest BCUT2D eigenvalue weighted by molar-refractivity contribution is -0.118. The fraction of sp³-hybridized carbons (Fsp3) is 0.300. The molecule has 0 aliphatic carbocycles. The maximum atomic E-state index is 12.6. The van der Waals surface area contributed by atoms with E-state index in [2.05, 4.69) is 10.6 Å². The van der Waals surface area contributed by atoms with Crippen molar-refractivity contribution in [2.75, 3.05) is 12.4 Å². The highest BCUT2D eigenvalue weighted by atomic mass is 16.5. The average Bonchev–Trinajstić information content (AvgIpc) is 2.60. The second-order valence-electron chi connectivity index (χ2n) is 6.28. The number of nitrogens with one attached hydrogen (secondary N) is 2. The van der Waals surface area contributed by atoms with Crippen LogP contribution in [-0.4, -0.2) is 25.0 Å². The first-order valence-corrected chi connectivity index (χ1v) is 8.23. The van der Waals surface area contributed by atoms with Crippen LogP contribution in [0.1, 0.15) is 29.8 Å². The Bertz CT molecular complexity index is 722. The molecule has 2 aromatic rings. The van der Waals surface area contributed by atoms with Crippen LogP contribution in [0.2, 0.25) is 0 Å². The number of methoxy groups -OCH3 is 1. The van der Waals surface area contributed by atoms with Crippen LogP contribution < -0.4 is 15.4 Å². The van der Waals surface area contributed by atoms with Crippen LogP contribution in [0.25, 0.3) is 0 Å². The molecule has 5 nitrogen and oxygen atoms in total. The normalized spacial score (nSPS) is 11.7. The summed E-state index contributed by atoms with van der Waals surface area (Å²) in [5, 5.41) is 5.65. The fourth-order valence-corrected chi connectivity index (χ4v) is 2.36. The number of ether oxygens (including phenoxy) is 1. The molecule has 0 spiro atoms. The van der Waals surface area contributed by atoms with Gasteiger partial charge in [-0.15, -0.1) is 0 Å². The van der Waals surface area contributed by atoms with Gasteiger partial charge < -0.3 is 15.4 Å². The lowest BCUT2D eigenvalue weighted by atomic mass is 10.0. The standard InChI is InChI=1S/C20H24N2O3/c1-13(2)18(22-19(23)15-7-5-14(3)6-8-15)20(24)21-16-9-11-17(25-4)12-10-16/h5-13,18H,1-4H3,(H,21,24)(H,22,23)/t18-/m1/s1. The van der Waals surface area contributed by atoms with Crippen molar-refractivity contribution in [2.45, 2.75) is 26.8 Å². The Morgan fingerprint density at radius 3 is 2.08 bits per heavy atom. The van der Waals surface area contributed by atoms with Gasteiger partial charge >= 0.3 is 0 Å². The number of anilines is 1.